The van der Waals surface area contributed by atoms with Crippen molar-refractivity contribution in [2.75, 3.05) is 0 Å². The van der Waals surface area contributed by atoms with Gasteiger partial charge in [0.15, 0.2) is 0 Å². The second-order valence-corrected chi connectivity index (χ2v) is 4.00. The van der Waals surface area contributed by atoms with E-state index in [4.69, 9.17) is 5.73 Å². The van der Waals surface area contributed by atoms with Crippen LogP contribution in [-0.2, 0) is 6.42 Å². The van der Waals surface area contributed by atoms with Crippen LogP contribution in [0.5, 0.6) is 0 Å². The van der Waals surface area contributed by atoms with Crippen LogP contribution in [0.3, 0.4) is 0 Å². The molecule has 1 heterocycles. The van der Waals surface area contributed by atoms with E-state index in [0.29, 0.717) is 0 Å². The monoisotopic (exact) mass is 261 g/mol. The molecule has 6 nitrogen and oxygen atoms in total. The minimum absolute atomic E-state index is 0.186. The Morgan fingerprint density at radius 3 is 3.14 bits per heavy atom. The number of carbonyl (C=O) groups excluding carboxylic acids is 1. The van der Waals surface area contributed by atoms with Gasteiger partial charge in [0.2, 0.25) is 0 Å². The summed E-state index contributed by atoms with van der Waals surface area (Å²) in [6.45, 7) is 1.83. The van der Waals surface area contributed by atoms with Gasteiger partial charge in [-0.05, 0) is 0 Å². The molecule has 0 saturated heterocycles. The summed E-state index contributed by atoms with van der Waals surface area (Å²) < 4.78 is 3.88. The predicted octanol–water partition coefficient (Wildman–Crippen LogP) is -0.490. The molecule has 0 aliphatic heterocycles. The molecule has 1 aromatic rings. The first-order valence-corrected chi connectivity index (χ1v) is 5.78. The number of carbonyl (C=O) groups is 1. The third-order valence-corrected chi connectivity index (χ3v) is 2.67. The summed E-state index contributed by atoms with van der Waals surface area (Å²) >= 11 is 0.186. The third-order valence-electron chi connectivity index (χ3n) is 1.51. The van der Waals surface area contributed by atoms with Gasteiger partial charge >= 0.3 is 87.1 Å². The number of amides is 2. The summed E-state index contributed by atoms with van der Waals surface area (Å²) in [6, 6.07) is -0.646. The number of rotatable bonds is 4. The van der Waals surface area contributed by atoms with Gasteiger partial charge in [-0.1, -0.05) is 0 Å². The van der Waals surface area contributed by atoms with Gasteiger partial charge in [-0.2, -0.15) is 0 Å². The standard InChI is InChI=1S/C7H11N5OSe/c1-5(9-11-7(8)13)2-3-6-4-14-12-10-6/h4H,2-3H2,1H3,(H3,8,11,13)/b9-5+. The molecule has 7 heteroatoms. The van der Waals surface area contributed by atoms with Crippen molar-refractivity contribution in [3.8, 4) is 0 Å². The molecule has 0 aliphatic carbocycles. The van der Waals surface area contributed by atoms with Crippen LogP contribution in [0.1, 0.15) is 19.0 Å². The summed E-state index contributed by atoms with van der Waals surface area (Å²) in [5.41, 5.74) is 8.85. The predicted molar refractivity (Wildman–Crippen MR) is 53.1 cm³/mol. The number of nitrogens with zero attached hydrogens (tertiary/aromatic N) is 3. The van der Waals surface area contributed by atoms with Crippen molar-refractivity contribution in [2.45, 2.75) is 19.8 Å². The Morgan fingerprint density at radius 2 is 2.57 bits per heavy atom. The van der Waals surface area contributed by atoms with Crippen molar-refractivity contribution in [3.63, 3.8) is 0 Å². The number of urea groups is 1. The van der Waals surface area contributed by atoms with Crippen LogP contribution in [0.15, 0.2) is 10.0 Å². The average molecular weight is 260 g/mol. The van der Waals surface area contributed by atoms with Crippen molar-refractivity contribution in [2.24, 2.45) is 10.8 Å². The second-order valence-electron chi connectivity index (χ2n) is 2.72. The Hall–Kier alpha value is -1.20. The van der Waals surface area contributed by atoms with Crippen LogP contribution >= 0.6 is 0 Å². The molecule has 2 amide bonds. The zero-order valence-corrected chi connectivity index (χ0v) is 9.44. The van der Waals surface area contributed by atoms with Gasteiger partial charge < -0.3 is 0 Å². The van der Waals surface area contributed by atoms with E-state index >= 15 is 0 Å². The first-order chi connectivity index (χ1) is 6.68. The van der Waals surface area contributed by atoms with Gasteiger partial charge in [-0.15, -0.1) is 0 Å². The molecule has 1 aromatic heterocycles. The molecule has 0 aliphatic rings. The number of aromatic nitrogens is 2. The van der Waals surface area contributed by atoms with E-state index in [1.807, 2.05) is 11.9 Å². The van der Waals surface area contributed by atoms with Crippen LogP contribution in [-0.4, -0.2) is 35.7 Å². The van der Waals surface area contributed by atoms with Crippen molar-refractivity contribution < 1.29 is 4.79 Å². The van der Waals surface area contributed by atoms with Crippen LogP contribution < -0.4 is 11.2 Å². The molecule has 0 bridgehead atoms. The van der Waals surface area contributed by atoms with Gasteiger partial charge in [-0.3, -0.25) is 0 Å². The fraction of sp³-hybridized carbons (Fsp3) is 0.429. The summed E-state index contributed by atoms with van der Waals surface area (Å²) in [7, 11) is 0. The van der Waals surface area contributed by atoms with Gasteiger partial charge in [0.25, 0.3) is 0 Å². The van der Waals surface area contributed by atoms with Crippen molar-refractivity contribution in [1.82, 2.24) is 14.6 Å². The van der Waals surface area contributed by atoms with E-state index in [-0.39, 0.29) is 14.7 Å². The van der Waals surface area contributed by atoms with E-state index < -0.39 is 6.03 Å². The first kappa shape index (κ1) is 10.9. The number of hydrogen-bond acceptors (Lipinski definition) is 4. The summed E-state index contributed by atoms with van der Waals surface area (Å²) in [5, 5.41) is 7.73. The van der Waals surface area contributed by atoms with Gasteiger partial charge in [-0.25, -0.2) is 0 Å². The van der Waals surface area contributed by atoms with Gasteiger partial charge in [0.05, 0.1) is 0 Å². The van der Waals surface area contributed by atoms with Gasteiger partial charge in [0.1, 0.15) is 0 Å². The van der Waals surface area contributed by atoms with Crippen LogP contribution in [0.25, 0.3) is 0 Å². The molecule has 14 heavy (non-hydrogen) atoms. The van der Waals surface area contributed by atoms with Crippen LogP contribution in [0.4, 0.5) is 4.79 Å². The molecule has 0 unspecified atom stereocenters. The molecule has 0 radical (unpaired) electrons. The molecular formula is C7H11N5OSe. The zero-order valence-electron chi connectivity index (χ0n) is 7.73. The van der Waals surface area contributed by atoms with E-state index in [1.165, 1.54) is 0 Å². The van der Waals surface area contributed by atoms with Gasteiger partial charge in [0, 0.05) is 0 Å². The van der Waals surface area contributed by atoms with Crippen LogP contribution in [0.2, 0.25) is 0 Å². The van der Waals surface area contributed by atoms with E-state index in [1.54, 1.807) is 0 Å². The minimum atomic E-state index is -0.646. The molecule has 0 saturated carbocycles. The molecule has 3 N–H and O–H groups in total. The number of primary amides is 1. The SMILES string of the molecule is C/C(CCc1c[se]nn1)=N\NC(N)=O. The maximum atomic E-state index is 10.3. The molecule has 0 spiro atoms. The fourth-order valence-corrected chi connectivity index (χ4v) is 1.83. The number of nitrogens with two attached hydrogens (primary N) is 1. The topological polar surface area (TPSA) is 93.3 Å². The molecule has 0 fully saturated rings. The first-order valence-electron chi connectivity index (χ1n) is 4.03. The van der Waals surface area contributed by atoms with E-state index in [2.05, 4.69) is 19.7 Å². The molecule has 0 atom stereocenters. The maximum absolute atomic E-state index is 10.3. The van der Waals surface area contributed by atoms with E-state index in [9.17, 15) is 4.79 Å². The molecule has 76 valence electrons. The van der Waals surface area contributed by atoms with Crippen molar-refractivity contribution in [1.29, 1.82) is 0 Å². The Kier molecular flexibility index (Phi) is 4.28. The number of nitrogens with one attached hydrogen (secondary N) is 1. The third kappa shape index (κ3) is 4.15. The number of hydrazone groups is 1. The Bertz CT molecular complexity index is 321. The summed E-state index contributed by atoms with van der Waals surface area (Å²) in [5.74, 6) is 0. The van der Waals surface area contributed by atoms with Crippen molar-refractivity contribution >= 4 is 26.5 Å². The second kappa shape index (κ2) is 5.51. The molecule has 0 aromatic carbocycles. The number of hydrogen-bond donors (Lipinski definition) is 2. The number of aryl methyl sites for hydroxylation is 1. The fourth-order valence-electron chi connectivity index (χ4n) is 0.808. The Morgan fingerprint density at radius 1 is 1.79 bits per heavy atom. The average Bonchev–Trinajstić information content (AvgIpc) is 2.63. The van der Waals surface area contributed by atoms with E-state index in [0.717, 1.165) is 24.2 Å². The Balaban J connectivity index is 2.31. The molecular weight excluding hydrogens is 249 g/mol. The van der Waals surface area contributed by atoms with Crippen molar-refractivity contribution in [3.05, 3.63) is 10.6 Å². The van der Waals surface area contributed by atoms with Crippen LogP contribution in [0, 0.1) is 0 Å². The summed E-state index contributed by atoms with van der Waals surface area (Å²) in [6.07, 6.45) is 1.56. The quantitative estimate of drug-likeness (QED) is 0.434. The zero-order chi connectivity index (χ0) is 10.4. The summed E-state index contributed by atoms with van der Waals surface area (Å²) in [4.78, 5) is 12.4. The Labute approximate surface area is 87.6 Å². The normalized spacial score (nSPS) is 11.4. The molecule has 1 rings (SSSR count).